The number of benzene rings is 1. The molecule has 0 saturated carbocycles. The van der Waals surface area contributed by atoms with E-state index >= 15 is 0 Å². The largest absolute Gasteiger partial charge is 0.481 e. The zero-order valence-corrected chi connectivity index (χ0v) is 10.2. The first-order chi connectivity index (χ1) is 9.45. The highest BCUT2D eigenvalue weighted by Crippen LogP contribution is 2.21. The molecule has 0 spiro atoms. The van der Waals surface area contributed by atoms with Crippen LogP contribution in [0.25, 0.3) is 0 Å². The van der Waals surface area contributed by atoms with E-state index in [1.54, 1.807) is 0 Å². The lowest BCUT2D eigenvalue weighted by Gasteiger charge is -2.12. The molecule has 6 heteroatoms. The number of halogens is 3. The zero-order chi connectivity index (χ0) is 14.7. The van der Waals surface area contributed by atoms with Crippen molar-refractivity contribution in [1.29, 1.82) is 0 Å². The van der Waals surface area contributed by atoms with Gasteiger partial charge in [-0.25, -0.2) is 13.2 Å². The maximum atomic E-state index is 13.1. The number of pyridine rings is 1. The second-order valence-electron chi connectivity index (χ2n) is 4.27. The quantitative estimate of drug-likeness (QED) is 0.937. The first-order valence-corrected chi connectivity index (χ1v) is 5.75. The van der Waals surface area contributed by atoms with Crippen LogP contribution in [0.2, 0.25) is 0 Å². The minimum atomic E-state index is -1.20. The second kappa shape index (κ2) is 5.73. The third-order valence-corrected chi connectivity index (χ3v) is 2.77. The van der Waals surface area contributed by atoms with Gasteiger partial charge in [-0.15, -0.1) is 0 Å². The topological polar surface area (TPSA) is 50.2 Å². The number of hydrogen-bond donors (Lipinski definition) is 1. The Morgan fingerprint density at radius 1 is 1.10 bits per heavy atom. The summed E-state index contributed by atoms with van der Waals surface area (Å²) in [6, 6.07) is 5.15. The molecule has 1 N–H and O–H groups in total. The lowest BCUT2D eigenvalue weighted by molar-refractivity contribution is -0.138. The number of aliphatic carboxylic acids is 1. The van der Waals surface area contributed by atoms with Gasteiger partial charge in [-0.05, 0) is 36.2 Å². The SMILES string of the molecule is O=C(O)C(Cc1cc(F)cc(F)c1)c1ccc(F)cn1. The number of nitrogens with zero attached hydrogens (tertiary/aromatic N) is 1. The van der Waals surface area contributed by atoms with Crippen molar-refractivity contribution in [2.45, 2.75) is 12.3 Å². The standard InChI is InChI=1S/C14H10F3NO2/c15-9-1-2-13(18-7-9)12(14(19)20)5-8-3-10(16)6-11(17)4-8/h1-4,6-7,12H,5H2,(H,19,20). The molecule has 0 saturated heterocycles. The molecule has 2 rings (SSSR count). The highest BCUT2D eigenvalue weighted by atomic mass is 19.1. The van der Waals surface area contributed by atoms with Gasteiger partial charge in [0.1, 0.15) is 23.4 Å². The number of carbonyl (C=O) groups is 1. The molecule has 0 fully saturated rings. The molecular formula is C14H10F3NO2. The van der Waals surface area contributed by atoms with E-state index in [2.05, 4.69) is 4.98 Å². The van der Waals surface area contributed by atoms with Crippen LogP contribution in [0.3, 0.4) is 0 Å². The van der Waals surface area contributed by atoms with E-state index in [-0.39, 0.29) is 17.7 Å². The van der Waals surface area contributed by atoms with E-state index in [0.717, 1.165) is 24.4 Å². The van der Waals surface area contributed by atoms with Crippen LogP contribution < -0.4 is 0 Å². The Morgan fingerprint density at radius 3 is 2.25 bits per heavy atom. The Hall–Kier alpha value is -2.37. The van der Waals surface area contributed by atoms with Gasteiger partial charge in [0.25, 0.3) is 0 Å². The van der Waals surface area contributed by atoms with Crippen LogP contribution in [0.1, 0.15) is 17.2 Å². The molecule has 0 radical (unpaired) electrons. The van der Waals surface area contributed by atoms with E-state index in [4.69, 9.17) is 0 Å². The van der Waals surface area contributed by atoms with Crippen LogP contribution in [0.15, 0.2) is 36.5 Å². The molecule has 1 atom stereocenters. The summed E-state index contributed by atoms with van der Waals surface area (Å²) in [5, 5.41) is 9.17. The van der Waals surface area contributed by atoms with Gasteiger partial charge in [0.15, 0.2) is 0 Å². The average molecular weight is 281 g/mol. The predicted octanol–water partition coefficient (Wildman–Crippen LogP) is 2.91. The third-order valence-electron chi connectivity index (χ3n) is 2.77. The van der Waals surface area contributed by atoms with Gasteiger partial charge in [0, 0.05) is 6.07 Å². The Labute approximate surface area is 112 Å². The summed E-state index contributed by atoms with van der Waals surface area (Å²) < 4.78 is 38.9. The van der Waals surface area contributed by atoms with Crippen LogP contribution in [0.4, 0.5) is 13.2 Å². The summed E-state index contributed by atoms with van der Waals surface area (Å²) >= 11 is 0. The first-order valence-electron chi connectivity index (χ1n) is 5.75. The summed E-state index contributed by atoms with van der Waals surface area (Å²) in [5.74, 6) is -4.45. The fourth-order valence-electron chi connectivity index (χ4n) is 1.88. The fraction of sp³-hybridized carbons (Fsp3) is 0.143. The first kappa shape index (κ1) is 14.0. The van der Waals surface area contributed by atoms with E-state index in [0.29, 0.717) is 6.07 Å². The third kappa shape index (κ3) is 3.34. The van der Waals surface area contributed by atoms with Crippen LogP contribution in [-0.2, 0) is 11.2 Å². The number of carboxylic acids is 1. The summed E-state index contributed by atoms with van der Waals surface area (Å²) in [6.07, 6.45) is 0.764. The Morgan fingerprint density at radius 2 is 1.75 bits per heavy atom. The van der Waals surface area contributed by atoms with E-state index in [9.17, 15) is 23.1 Å². The van der Waals surface area contributed by atoms with Crippen molar-refractivity contribution in [3.63, 3.8) is 0 Å². The highest BCUT2D eigenvalue weighted by Gasteiger charge is 2.22. The molecule has 3 nitrogen and oxygen atoms in total. The minimum Gasteiger partial charge on any atom is -0.481 e. The molecule has 20 heavy (non-hydrogen) atoms. The summed E-state index contributed by atoms with van der Waals surface area (Å²) in [4.78, 5) is 14.9. The fourth-order valence-corrected chi connectivity index (χ4v) is 1.88. The summed E-state index contributed by atoms with van der Waals surface area (Å²) in [6.45, 7) is 0. The number of carboxylic acid groups (broad SMARTS) is 1. The molecule has 1 aromatic heterocycles. The lowest BCUT2D eigenvalue weighted by atomic mass is 9.95. The number of aromatic nitrogens is 1. The van der Waals surface area contributed by atoms with Crippen molar-refractivity contribution >= 4 is 5.97 Å². The lowest BCUT2D eigenvalue weighted by Crippen LogP contribution is -2.16. The van der Waals surface area contributed by atoms with Gasteiger partial charge < -0.3 is 5.11 Å². The van der Waals surface area contributed by atoms with Crippen molar-refractivity contribution in [3.8, 4) is 0 Å². The molecule has 1 unspecified atom stereocenters. The van der Waals surface area contributed by atoms with Gasteiger partial charge in [-0.2, -0.15) is 0 Å². The maximum Gasteiger partial charge on any atom is 0.312 e. The second-order valence-corrected chi connectivity index (χ2v) is 4.27. The molecule has 0 bridgehead atoms. The predicted molar refractivity (Wildman–Crippen MR) is 64.6 cm³/mol. The van der Waals surface area contributed by atoms with Crippen molar-refractivity contribution in [2.24, 2.45) is 0 Å². The van der Waals surface area contributed by atoms with Gasteiger partial charge in [-0.3, -0.25) is 9.78 Å². The molecule has 0 aliphatic carbocycles. The number of hydrogen-bond acceptors (Lipinski definition) is 2. The molecule has 2 aromatic rings. The smallest absolute Gasteiger partial charge is 0.312 e. The van der Waals surface area contributed by atoms with Crippen LogP contribution in [0, 0.1) is 17.5 Å². The summed E-state index contributed by atoms with van der Waals surface area (Å²) in [7, 11) is 0. The molecule has 0 aliphatic heterocycles. The van der Waals surface area contributed by atoms with Gasteiger partial charge >= 0.3 is 5.97 Å². The maximum absolute atomic E-state index is 13.1. The van der Waals surface area contributed by atoms with Gasteiger partial charge in [0.2, 0.25) is 0 Å². The van der Waals surface area contributed by atoms with Crippen molar-refractivity contribution in [2.75, 3.05) is 0 Å². The Bertz CT molecular complexity index is 609. The molecule has 0 aliphatic rings. The van der Waals surface area contributed by atoms with Crippen LogP contribution >= 0.6 is 0 Å². The molecular weight excluding hydrogens is 271 g/mol. The van der Waals surface area contributed by atoms with Crippen molar-refractivity contribution in [1.82, 2.24) is 4.98 Å². The molecule has 104 valence electrons. The molecule has 0 amide bonds. The Balaban J connectivity index is 2.30. The van der Waals surface area contributed by atoms with Gasteiger partial charge in [-0.1, -0.05) is 0 Å². The monoisotopic (exact) mass is 281 g/mol. The molecule has 1 aromatic carbocycles. The van der Waals surface area contributed by atoms with Crippen molar-refractivity contribution < 1.29 is 23.1 Å². The number of rotatable bonds is 4. The normalized spacial score (nSPS) is 12.2. The molecule has 1 heterocycles. The zero-order valence-electron chi connectivity index (χ0n) is 10.2. The average Bonchev–Trinajstić information content (AvgIpc) is 2.36. The van der Waals surface area contributed by atoms with Crippen LogP contribution in [0.5, 0.6) is 0 Å². The Kier molecular flexibility index (Phi) is 4.02. The summed E-state index contributed by atoms with van der Waals surface area (Å²) in [5.41, 5.74) is 0.324. The van der Waals surface area contributed by atoms with E-state index in [1.807, 2.05) is 0 Å². The van der Waals surface area contributed by atoms with Crippen molar-refractivity contribution in [3.05, 3.63) is 65.2 Å². The minimum absolute atomic E-state index is 0.128. The highest BCUT2D eigenvalue weighted by molar-refractivity contribution is 5.75. The van der Waals surface area contributed by atoms with E-state index in [1.165, 1.54) is 6.07 Å². The van der Waals surface area contributed by atoms with Crippen LogP contribution in [-0.4, -0.2) is 16.1 Å². The van der Waals surface area contributed by atoms with E-state index < -0.39 is 29.3 Å². The van der Waals surface area contributed by atoms with Gasteiger partial charge in [0.05, 0.1) is 11.9 Å².